The number of fused-ring (bicyclic) bond motifs is 3. The molecule has 11 rings (SSSR count). The average molecular weight is 1700 g/mol. The number of amides is 1. The van der Waals surface area contributed by atoms with Crippen molar-refractivity contribution in [3.63, 3.8) is 0 Å². The summed E-state index contributed by atoms with van der Waals surface area (Å²) < 4.78 is 12.4. The normalized spacial score (nSPS) is 16.7. The molecular weight excluding hydrogens is 1590 g/mol. The molecule has 123 heavy (non-hydrogen) atoms. The number of nitrogens with one attached hydrogen (secondary N) is 9. The van der Waals surface area contributed by atoms with Crippen molar-refractivity contribution in [2.45, 2.75) is 167 Å². The lowest BCUT2D eigenvalue weighted by Crippen LogP contribution is -2.56. The van der Waals surface area contributed by atoms with Crippen molar-refractivity contribution >= 4 is 154 Å². The number of nitrogens with two attached hydrogens (primary N) is 2. The minimum atomic E-state index is -1.18. The summed E-state index contributed by atoms with van der Waals surface area (Å²) in [5.74, 6) is -3.95. The molecule has 5 aliphatic rings. The van der Waals surface area contributed by atoms with Crippen molar-refractivity contribution in [2.24, 2.45) is 11.1 Å². The van der Waals surface area contributed by atoms with Gasteiger partial charge in [0.2, 0.25) is 11.7 Å². The molecule has 0 bridgehead atoms. The first-order chi connectivity index (χ1) is 58.6. The maximum absolute atomic E-state index is 13.5. The lowest BCUT2D eigenvalue weighted by atomic mass is 9.86. The van der Waals surface area contributed by atoms with Gasteiger partial charge in [-0.3, -0.25) is 53.8 Å². The number of para-hydroxylation sites is 9. The van der Waals surface area contributed by atoms with Gasteiger partial charge in [0.1, 0.15) is 23.8 Å². The van der Waals surface area contributed by atoms with E-state index in [2.05, 4.69) is 81.4 Å². The minimum absolute atomic E-state index is 0.0163. The zero-order chi connectivity index (χ0) is 90.7. The number of Topliss-reactive ketones (excluding diaryl/α,β-unsaturated/α-hetero) is 3. The van der Waals surface area contributed by atoms with Crippen LogP contribution in [0.5, 0.6) is 0 Å². The van der Waals surface area contributed by atoms with Gasteiger partial charge in [0.05, 0.1) is 75.8 Å². The Morgan fingerprint density at radius 3 is 1.45 bits per heavy atom. The molecule has 3 aliphatic heterocycles. The molecule has 2 saturated carbocycles. The molecule has 1 amide bonds. The van der Waals surface area contributed by atoms with Crippen LogP contribution in [0, 0.1) is 31.5 Å². The van der Waals surface area contributed by atoms with Crippen LogP contribution < -0.4 is 73.5 Å². The number of nitro benzene ring substituents is 2. The van der Waals surface area contributed by atoms with E-state index in [0.717, 1.165) is 75.4 Å². The Kier molecular flexibility index (Phi) is 44.6. The van der Waals surface area contributed by atoms with Crippen molar-refractivity contribution in [1.29, 1.82) is 0 Å². The largest absolute Gasteiger partial charge is 0.480 e. The molecule has 6 atom stereocenters. The standard InChI is InChI=1S/C22H34BN3O3.C17H25BN2O2.C11H15BN2O2.C10H11BN3O5.C10H13BN3O3.C6H4FNO2.C4H8BN2O3/c1-22(2,3)20(27)15-26-19-13-9-8-12-18(19)25(16-10-6-5-7-11-16)14-17(21(26)28)24-23(4)29;1-18(22)19-15-12-20(14-8-3-2-4-9-14)16-10-6-5-7-13(16)11-17(15)21;1-12(16)14-10-7-13-9-5-3-2-4-8(9)6-11(10)15;15-6-11-13-8(10(16)17)5-12-7-3-1-2-4-9(7)14(18)19;12-7-3-1-2-4-8(7)13-5-9(10(16)17)14-11-6-15;7-5-3-1-2-4-6(5)8(9)10;6-1-3(4(9)10)7-5-2-8/h8-9,12-13,16-17,24,29H,5-7,10-11,14-15H2,1-4H3;5-7,10,14-15,19,22H,2-4,8-9,11-12H2,1H3;2-5,10,13-14,16H,6-7H2,1H3;1-4,6,8,12-13H,5H2,(H,16,17);1-4,6,9,13-14H,5,12H2,(H,16,17);1-4H;2-3,7H,1,6H2,(H,9,10)/t17-;15-;10-;8-;9-;;3-/m11100.0/s1. The number of carbonyl (C=O) groups excluding carboxylic acids is 7. The van der Waals surface area contributed by atoms with E-state index in [-0.39, 0.29) is 72.9 Å². The van der Waals surface area contributed by atoms with Crippen molar-refractivity contribution in [3.05, 3.63) is 183 Å². The molecule has 655 valence electrons. The van der Waals surface area contributed by atoms with Gasteiger partial charge in [-0.2, -0.15) is 4.39 Å². The van der Waals surface area contributed by atoms with Crippen molar-refractivity contribution in [3.8, 4) is 0 Å². The summed E-state index contributed by atoms with van der Waals surface area (Å²) in [7, 11) is 0.874. The van der Waals surface area contributed by atoms with Crippen molar-refractivity contribution < 1.29 is 92.6 Å². The molecular formula is C80H110B6FN16O20. The van der Waals surface area contributed by atoms with E-state index < -0.39 is 90.0 Å². The number of ketones is 3. The van der Waals surface area contributed by atoms with Gasteiger partial charge >= 0.3 is 44.7 Å². The van der Waals surface area contributed by atoms with E-state index in [4.69, 9.17) is 26.8 Å². The summed E-state index contributed by atoms with van der Waals surface area (Å²) in [6.07, 6.45) is 14.3. The zero-order valence-corrected chi connectivity index (χ0v) is 69.8. The number of nitro groups is 2. The molecule has 0 unspecified atom stereocenters. The maximum Gasteiger partial charge on any atom is 0.374 e. The molecule has 0 aromatic heterocycles. The second-order valence-corrected chi connectivity index (χ2v) is 30.3. The third-order valence-corrected chi connectivity index (χ3v) is 20.0. The SMILES string of the molecule is CB(O)N[C@@H]1CN(C2CCCCC2)c2ccccc2CC1=O.CB(O)N[C@@H]1CN(C2CCCCC2)c2ccccc2N(CC(=O)C(C)(C)C)C1=O.CB(O)N[C@@H]1CNc2ccccc2CC1=O.NC[C@H](N[B]C=O)C(=O)O.Nc1ccccc1NC[C@H](N[B]C=O)C(=O)O.O=C[B]N[C@@H](CNc1ccccc1[N+](=O)[O-])C(=O)O.O=[N+]([O-])c1ccccc1F. The number of halogens is 1. The van der Waals surface area contributed by atoms with Gasteiger partial charge in [-0.1, -0.05) is 144 Å². The summed E-state index contributed by atoms with van der Waals surface area (Å²) in [5.41, 5.74) is 17.1. The van der Waals surface area contributed by atoms with Crippen molar-refractivity contribution in [1.82, 2.24) is 31.4 Å². The molecule has 3 radical (unpaired) electrons. The predicted molar refractivity (Wildman–Crippen MR) is 477 cm³/mol. The lowest BCUT2D eigenvalue weighted by Gasteiger charge is -2.37. The number of nitrogens with zero attached hydrogens (tertiary/aromatic N) is 5. The molecule has 36 nitrogen and oxygen atoms in total. The van der Waals surface area contributed by atoms with Gasteiger partial charge in [0.25, 0.3) is 27.9 Å². The smallest absolute Gasteiger partial charge is 0.374 e. The van der Waals surface area contributed by atoms with Crippen LogP contribution >= 0.6 is 0 Å². The fraction of sp³-hybridized carbons (Fsp3) is 0.425. The summed E-state index contributed by atoms with van der Waals surface area (Å²) in [6, 6.07) is 38.7. The highest BCUT2D eigenvalue weighted by Gasteiger charge is 2.40. The number of carbonyl (C=O) groups is 10. The fourth-order valence-corrected chi connectivity index (χ4v) is 13.7. The molecule has 43 heteroatoms. The van der Waals surface area contributed by atoms with Crippen molar-refractivity contribution in [2.75, 3.05) is 82.2 Å². The van der Waals surface area contributed by atoms with Gasteiger partial charge in [0.15, 0.2) is 17.3 Å². The number of anilines is 7. The summed E-state index contributed by atoms with van der Waals surface area (Å²) in [5, 5.41) is 100. The first-order valence-electron chi connectivity index (χ1n) is 40.3. The molecule has 6 aromatic rings. The Balaban J connectivity index is 0.000000262. The number of rotatable bonds is 31. The third kappa shape index (κ3) is 34.9. The van der Waals surface area contributed by atoms with E-state index in [1.165, 1.54) is 87.4 Å². The van der Waals surface area contributed by atoms with E-state index in [0.29, 0.717) is 74.5 Å². The van der Waals surface area contributed by atoms with Crippen LogP contribution in [0.3, 0.4) is 0 Å². The molecule has 0 saturated heterocycles. The Hall–Kier alpha value is -11.3. The molecule has 0 spiro atoms. The number of benzene rings is 6. The number of carboxylic acid groups (broad SMARTS) is 3. The number of aliphatic carboxylic acids is 3. The highest BCUT2D eigenvalue weighted by atomic mass is 19.1. The molecule has 2 fully saturated rings. The second kappa shape index (κ2) is 53.6. The van der Waals surface area contributed by atoms with Gasteiger partial charge in [0, 0.05) is 93.1 Å². The highest BCUT2D eigenvalue weighted by molar-refractivity contribution is 6.65. The average Bonchev–Trinajstić information content (AvgIpc) is 1.64. The Labute approximate surface area is 717 Å². The molecule has 2 aliphatic carbocycles. The van der Waals surface area contributed by atoms with Crippen LogP contribution in [-0.4, -0.2) is 238 Å². The third-order valence-electron chi connectivity index (χ3n) is 20.0. The Bertz CT molecular complexity index is 4430. The van der Waals surface area contributed by atoms with Gasteiger partial charge in [-0.15, -0.1) is 0 Å². The van der Waals surface area contributed by atoms with E-state index in [1.807, 2.05) is 69.3 Å². The summed E-state index contributed by atoms with van der Waals surface area (Å²) in [4.78, 5) is 138. The predicted octanol–water partition coefficient (Wildman–Crippen LogP) is 4.09. The highest BCUT2D eigenvalue weighted by Crippen LogP contribution is 2.39. The number of carboxylic acids is 3. The Morgan fingerprint density at radius 1 is 0.553 bits per heavy atom. The lowest BCUT2D eigenvalue weighted by molar-refractivity contribution is -0.387. The van der Waals surface area contributed by atoms with Gasteiger partial charge < -0.3 is 118 Å². The summed E-state index contributed by atoms with van der Waals surface area (Å²) >= 11 is 0. The number of hydrogen-bond donors (Lipinski definition) is 17. The summed E-state index contributed by atoms with van der Waals surface area (Å²) in [6.45, 7) is 12.2. The van der Waals surface area contributed by atoms with Crippen LogP contribution in [-0.2, 0) is 60.8 Å². The molecule has 19 N–H and O–H groups in total. The molecule has 3 heterocycles. The van der Waals surface area contributed by atoms with Crippen LogP contribution in [0.25, 0.3) is 0 Å². The van der Waals surface area contributed by atoms with Gasteiger partial charge in [-0.05, 0) is 106 Å². The van der Waals surface area contributed by atoms with E-state index >= 15 is 0 Å². The molecule has 6 aromatic carbocycles. The number of hydrogen-bond acceptors (Lipinski definition) is 30. The van der Waals surface area contributed by atoms with Crippen LogP contribution in [0.1, 0.15) is 96.1 Å². The zero-order valence-electron chi connectivity index (χ0n) is 69.8. The van der Waals surface area contributed by atoms with Crippen LogP contribution in [0.4, 0.5) is 55.6 Å². The van der Waals surface area contributed by atoms with Gasteiger partial charge in [-0.25, -0.2) is 0 Å². The Morgan fingerprint density at radius 2 is 0.959 bits per heavy atom. The monoisotopic (exact) mass is 1700 g/mol. The second-order valence-electron chi connectivity index (χ2n) is 30.3. The van der Waals surface area contributed by atoms with Crippen LogP contribution in [0.2, 0.25) is 20.5 Å². The fourth-order valence-electron chi connectivity index (χ4n) is 13.7. The first kappa shape index (κ1) is 102. The minimum Gasteiger partial charge on any atom is -0.480 e. The van der Waals surface area contributed by atoms with E-state index in [9.17, 15) is 87.6 Å². The number of nitrogen functional groups attached to an aromatic ring is 1. The maximum atomic E-state index is 13.5. The quantitative estimate of drug-likeness (QED) is 0.00958. The van der Waals surface area contributed by atoms with Crippen LogP contribution in [0.15, 0.2) is 146 Å². The first-order valence-corrected chi connectivity index (χ1v) is 40.3. The van der Waals surface area contributed by atoms with E-state index in [1.54, 1.807) is 55.7 Å². The topological polar surface area (TPSA) is 548 Å².